The van der Waals surface area contributed by atoms with Gasteiger partial charge in [-0.2, -0.15) is 0 Å². The summed E-state index contributed by atoms with van der Waals surface area (Å²) >= 11 is 0. The SMILES string of the molecule is COCC(N)C=CCC1(C(C)(C)C)CC1. The van der Waals surface area contributed by atoms with Gasteiger partial charge in [-0.3, -0.25) is 0 Å². The predicted octanol–water partition coefficient (Wildman–Crippen LogP) is 2.73. The molecule has 1 fully saturated rings. The van der Waals surface area contributed by atoms with Gasteiger partial charge in [-0.1, -0.05) is 32.9 Å². The monoisotopic (exact) mass is 211 g/mol. The summed E-state index contributed by atoms with van der Waals surface area (Å²) in [5, 5.41) is 0. The average Bonchev–Trinajstić information content (AvgIpc) is 2.84. The number of rotatable bonds is 5. The minimum Gasteiger partial charge on any atom is -0.383 e. The van der Waals surface area contributed by atoms with Crippen molar-refractivity contribution in [1.29, 1.82) is 0 Å². The van der Waals surface area contributed by atoms with Gasteiger partial charge in [-0.25, -0.2) is 0 Å². The van der Waals surface area contributed by atoms with Crippen LogP contribution in [0.2, 0.25) is 0 Å². The van der Waals surface area contributed by atoms with Gasteiger partial charge in [-0.15, -0.1) is 0 Å². The third kappa shape index (κ3) is 3.32. The summed E-state index contributed by atoms with van der Waals surface area (Å²) in [5.41, 5.74) is 6.79. The topological polar surface area (TPSA) is 35.2 Å². The standard InChI is InChI=1S/C13H25NO/c1-12(2,3)13(8-9-13)7-5-6-11(14)10-15-4/h5-6,11H,7-10,14H2,1-4H3. The lowest BCUT2D eigenvalue weighted by atomic mass is 9.75. The second-order valence-electron chi connectivity index (χ2n) is 5.78. The lowest BCUT2D eigenvalue weighted by molar-refractivity contribution is 0.191. The Kier molecular flexibility index (Phi) is 3.96. The first-order valence-electron chi connectivity index (χ1n) is 5.82. The van der Waals surface area contributed by atoms with Gasteiger partial charge >= 0.3 is 0 Å². The van der Waals surface area contributed by atoms with Gasteiger partial charge in [0, 0.05) is 13.2 Å². The van der Waals surface area contributed by atoms with E-state index in [0.717, 1.165) is 6.42 Å². The van der Waals surface area contributed by atoms with Crippen LogP contribution in [0.3, 0.4) is 0 Å². The van der Waals surface area contributed by atoms with Crippen molar-refractivity contribution in [1.82, 2.24) is 0 Å². The van der Waals surface area contributed by atoms with Crippen molar-refractivity contribution in [2.24, 2.45) is 16.6 Å². The summed E-state index contributed by atoms with van der Waals surface area (Å²) in [6, 6.07) is 0.0470. The van der Waals surface area contributed by atoms with Crippen LogP contribution in [0, 0.1) is 10.8 Å². The van der Waals surface area contributed by atoms with E-state index in [9.17, 15) is 0 Å². The van der Waals surface area contributed by atoms with Crippen molar-refractivity contribution in [3.63, 3.8) is 0 Å². The molecule has 2 N–H and O–H groups in total. The maximum absolute atomic E-state index is 5.83. The molecule has 1 rings (SSSR count). The number of hydrogen-bond donors (Lipinski definition) is 1. The molecule has 0 aromatic carbocycles. The molecule has 1 saturated carbocycles. The second-order valence-corrected chi connectivity index (χ2v) is 5.78. The number of ether oxygens (including phenoxy) is 1. The molecular weight excluding hydrogens is 186 g/mol. The largest absolute Gasteiger partial charge is 0.383 e. The van der Waals surface area contributed by atoms with E-state index >= 15 is 0 Å². The van der Waals surface area contributed by atoms with Crippen LogP contribution in [0.15, 0.2) is 12.2 Å². The van der Waals surface area contributed by atoms with E-state index in [0.29, 0.717) is 17.4 Å². The lowest BCUT2D eigenvalue weighted by Gasteiger charge is -2.30. The zero-order chi connectivity index (χ0) is 11.5. The van der Waals surface area contributed by atoms with E-state index in [1.807, 2.05) is 0 Å². The average molecular weight is 211 g/mol. The van der Waals surface area contributed by atoms with Crippen LogP contribution >= 0.6 is 0 Å². The van der Waals surface area contributed by atoms with Gasteiger partial charge in [0.2, 0.25) is 0 Å². The Hall–Kier alpha value is -0.340. The zero-order valence-corrected chi connectivity index (χ0v) is 10.5. The maximum atomic E-state index is 5.83. The highest BCUT2D eigenvalue weighted by atomic mass is 16.5. The Labute approximate surface area is 93.9 Å². The first-order valence-corrected chi connectivity index (χ1v) is 5.82. The van der Waals surface area contributed by atoms with Crippen LogP contribution in [0.4, 0.5) is 0 Å². The Morgan fingerprint density at radius 1 is 1.40 bits per heavy atom. The van der Waals surface area contributed by atoms with Crippen molar-refractivity contribution in [2.45, 2.75) is 46.1 Å². The third-order valence-corrected chi connectivity index (χ3v) is 3.70. The minimum absolute atomic E-state index is 0.0470. The van der Waals surface area contributed by atoms with Crippen molar-refractivity contribution in [3.05, 3.63) is 12.2 Å². The molecule has 1 unspecified atom stereocenters. The van der Waals surface area contributed by atoms with Crippen molar-refractivity contribution in [3.8, 4) is 0 Å². The van der Waals surface area contributed by atoms with E-state index < -0.39 is 0 Å². The van der Waals surface area contributed by atoms with Crippen LogP contribution in [0.5, 0.6) is 0 Å². The number of nitrogens with two attached hydrogens (primary N) is 1. The summed E-state index contributed by atoms with van der Waals surface area (Å²) in [6.45, 7) is 7.62. The van der Waals surface area contributed by atoms with Gasteiger partial charge in [0.15, 0.2) is 0 Å². The van der Waals surface area contributed by atoms with E-state index in [2.05, 4.69) is 32.9 Å². The molecule has 0 heterocycles. The molecule has 0 bridgehead atoms. The van der Waals surface area contributed by atoms with Gasteiger partial charge < -0.3 is 10.5 Å². The first kappa shape index (κ1) is 12.7. The normalized spacial score (nSPS) is 21.9. The van der Waals surface area contributed by atoms with Crippen LogP contribution in [0.1, 0.15) is 40.0 Å². The van der Waals surface area contributed by atoms with Crippen LogP contribution in [-0.4, -0.2) is 19.8 Å². The summed E-state index contributed by atoms with van der Waals surface area (Å²) in [7, 11) is 1.69. The Morgan fingerprint density at radius 2 is 2.00 bits per heavy atom. The summed E-state index contributed by atoms with van der Waals surface area (Å²) in [6.07, 6.45) is 8.20. The Morgan fingerprint density at radius 3 is 2.40 bits per heavy atom. The Bertz CT molecular complexity index is 223. The van der Waals surface area contributed by atoms with Gasteiger partial charge in [-0.05, 0) is 30.1 Å². The fourth-order valence-electron chi connectivity index (χ4n) is 2.13. The molecule has 0 saturated heterocycles. The van der Waals surface area contributed by atoms with Gasteiger partial charge in [0.25, 0.3) is 0 Å². The predicted molar refractivity (Wildman–Crippen MR) is 64.7 cm³/mol. The van der Waals surface area contributed by atoms with Crippen LogP contribution < -0.4 is 5.73 Å². The molecule has 0 spiro atoms. The molecule has 2 heteroatoms. The van der Waals surface area contributed by atoms with E-state index in [4.69, 9.17) is 10.5 Å². The van der Waals surface area contributed by atoms with E-state index in [1.165, 1.54) is 12.8 Å². The highest BCUT2D eigenvalue weighted by Crippen LogP contribution is 2.60. The van der Waals surface area contributed by atoms with Gasteiger partial charge in [0.1, 0.15) is 0 Å². The minimum atomic E-state index is 0.0470. The summed E-state index contributed by atoms with van der Waals surface area (Å²) in [5.74, 6) is 0. The molecule has 1 aliphatic rings. The van der Waals surface area contributed by atoms with Crippen LogP contribution in [-0.2, 0) is 4.74 Å². The molecule has 15 heavy (non-hydrogen) atoms. The van der Waals surface area contributed by atoms with E-state index in [-0.39, 0.29) is 6.04 Å². The molecule has 0 aliphatic heterocycles. The fourth-order valence-corrected chi connectivity index (χ4v) is 2.13. The number of allylic oxidation sites excluding steroid dienone is 1. The zero-order valence-electron chi connectivity index (χ0n) is 10.5. The molecule has 1 atom stereocenters. The maximum Gasteiger partial charge on any atom is 0.0649 e. The summed E-state index contributed by atoms with van der Waals surface area (Å²) < 4.78 is 4.99. The molecular formula is C13H25NO. The number of methoxy groups -OCH3 is 1. The highest BCUT2D eigenvalue weighted by molar-refractivity contribution is 5.07. The molecule has 1 aliphatic carbocycles. The quantitative estimate of drug-likeness (QED) is 0.710. The first-order chi connectivity index (χ1) is 6.91. The molecule has 0 amide bonds. The highest BCUT2D eigenvalue weighted by Gasteiger charge is 2.50. The lowest BCUT2D eigenvalue weighted by Crippen LogP contribution is -2.24. The molecule has 0 aromatic rings. The molecule has 0 radical (unpaired) electrons. The summed E-state index contributed by atoms with van der Waals surface area (Å²) in [4.78, 5) is 0. The molecule has 2 nitrogen and oxygen atoms in total. The van der Waals surface area contributed by atoms with Crippen molar-refractivity contribution >= 4 is 0 Å². The third-order valence-electron chi connectivity index (χ3n) is 3.70. The van der Waals surface area contributed by atoms with Crippen molar-refractivity contribution < 1.29 is 4.74 Å². The van der Waals surface area contributed by atoms with Crippen molar-refractivity contribution in [2.75, 3.05) is 13.7 Å². The van der Waals surface area contributed by atoms with Gasteiger partial charge in [0.05, 0.1) is 6.61 Å². The second kappa shape index (κ2) is 4.67. The van der Waals surface area contributed by atoms with E-state index in [1.54, 1.807) is 7.11 Å². The number of hydrogen-bond acceptors (Lipinski definition) is 2. The Balaban J connectivity index is 2.37. The fraction of sp³-hybridized carbons (Fsp3) is 0.846. The van der Waals surface area contributed by atoms with Crippen LogP contribution in [0.25, 0.3) is 0 Å². The molecule has 88 valence electrons. The molecule has 0 aromatic heterocycles. The smallest absolute Gasteiger partial charge is 0.0649 e.